The highest BCUT2D eigenvalue weighted by molar-refractivity contribution is 6.30. The second-order valence-corrected chi connectivity index (χ2v) is 5.40. The van der Waals surface area contributed by atoms with Gasteiger partial charge >= 0.3 is 0 Å². The van der Waals surface area contributed by atoms with Crippen molar-refractivity contribution in [1.82, 2.24) is 15.0 Å². The van der Waals surface area contributed by atoms with Gasteiger partial charge in [-0.2, -0.15) is 4.98 Å². The molecular weight excluding hydrogens is 342 g/mol. The van der Waals surface area contributed by atoms with E-state index in [2.05, 4.69) is 25.6 Å². The molecule has 2 aromatic carbocycles. The molecule has 0 aliphatic rings. The number of rotatable bonds is 6. The zero-order valence-electron chi connectivity index (χ0n) is 13.7. The molecule has 1 heterocycles. The summed E-state index contributed by atoms with van der Waals surface area (Å²) in [6, 6.07) is 12.7. The summed E-state index contributed by atoms with van der Waals surface area (Å²) in [6.45, 7) is 0. The first-order valence-corrected chi connectivity index (χ1v) is 7.76. The van der Waals surface area contributed by atoms with Gasteiger partial charge in [-0.3, -0.25) is 0 Å². The molecule has 0 atom stereocenters. The van der Waals surface area contributed by atoms with Crippen molar-refractivity contribution in [2.24, 2.45) is 0 Å². The molecule has 8 heteroatoms. The van der Waals surface area contributed by atoms with Gasteiger partial charge in [-0.25, -0.2) is 9.97 Å². The quantitative estimate of drug-likeness (QED) is 0.689. The molecule has 0 radical (unpaired) electrons. The summed E-state index contributed by atoms with van der Waals surface area (Å²) in [6.07, 6.45) is 1.42. The van der Waals surface area contributed by atoms with E-state index in [1.54, 1.807) is 38.5 Å². The largest absolute Gasteiger partial charge is 0.493 e. The smallest absolute Gasteiger partial charge is 0.232 e. The maximum Gasteiger partial charge on any atom is 0.232 e. The highest BCUT2D eigenvalue weighted by atomic mass is 35.5. The molecule has 0 spiro atoms. The lowest BCUT2D eigenvalue weighted by Crippen LogP contribution is -2.03. The van der Waals surface area contributed by atoms with Gasteiger partial charge in [0.25, 0.3) is 0 Å². The Labute approximate surface area is 150 Å². The summed E-state index contributed by atoms with van der Waals surface area (Å²) in [5.41, 5.74) is 1.55. The summed E-state index contributed by atoms with van der Waals surface area (Å²) in [4.78, 5) is 12.6. The first kappa shape index (κ1) is 16.8. The third-order valence-electron chi connectivity index (χ3n) is 3.29. The highest BCUT2D eigenvalue weighted by Crippen LogP contribution is 2.30. The molecule has 3 rings (SSSR count). The summed E-state index contributed by atoms with van der Waals surface area (Å²) >= 11 is 5.98. The van der Waals surface area contributed by atoms with E-state index in [0.29, 0.717) is 28.4 Å². The number of anilines is 4. The van der Waals surface area contributed by atoms with E-state index in [4.69, 9.17) is 21.1 Å². The second-order valence-electron chi connectivity index (χ2n) is 4.96. The second kappa shape index (κ2) is 7.67. The molecule has 0 saturated heterocycles. The van der Waals surface area contributed by atoms with Crippen LogP contribution in [0.5, 0.6) is 11.5 Å². The number of halogens is 1. The summed E-state index contributed by atoms with van der Waals surface area (Å²) < 4.78 is 10.5. The summed E-state index contributed by atoms with van der Waals surface area (Å²) in [7, 11) is 3.17. The lowest BCUT2D eigenvalue weighted by atomic mass is 10.3. The standard InChI is InChI=1S/C17H16ClN5O2/c1-24-14-7-6-13(9-15(14)25-2)22-17-20-10-19-16(23-17)21-12-5-3-4-11(18)8-12/h3-10H,1-2H3,(H2,19,20,21,22,23). The monoisotopic (exact) mass is 357 g/mol. The van der Waals surface area contributed by atoms with Crippen molar-refractivity contribution in [3.63, 3.8) is 0 Å². The first-order valence-electron chi connectivity index (χ1n) is 7.38. The number of aromatic nitrogens is 3. The van der Waals surface area contributed by atoms with Gasteiger partial charge in [0.05, 0.1) is 14.2 Å². The number of benzene rings is 2. The van der Waals surface area contributed by atoms with E-state index in [0.717, 1.165) is 11.4 Å². The van der Waals surface area contributed by atoms with Crippen LogP contribution in [0, 0.1) is 0 Å². The fourth-order valence-corrected chi connectivity index (χ4v) is 2.35. The molecule has 0 amide bonds. The molecule has 2 N–H and O–H groups in total. The molecule has 0 aliphatic carbocycles. The Bertz CT molecular complexity index is 875. The summed E-state index contributed by atoms with van der Waals surface area (Å²) in [5.74, 6) is 2.05. The fourth-order valence-electron chi connectivity index (χ4n) is 2.16. The Balaban J connectivity index is 1.78. The first-order chi connectivity index (χ1) is 12.2. The van der Waals surface area contributed by atoms with Gasteiger partial charge in [0.15, 0.2) is 11.5 Å². The molecule has 25 heavy (non-hydrogen) atoms. The van der Waals surface area contributed by atoms with Crippen molar-refractivity contribution in [3.05, 3.63) is 53.8 Å². The Morgan fingerprint density at radius 3 is 2.16 bits per heavy atom. The average Bonchev–Trinajstić information content (AvgIpc) is 2.62. The minimum Gasteiger partial charge on any atom is -0.493 e. The normalized spacial score (nSPS) is 10.2. The van der Waals surface area contributed by atoms with Gasteiger partial charge in [-0.15, -0.1) is 0 Å². The fraction of sp³-hybridized carbons (Fsp3) is 0.118. The minimum absolute atomic E-state index is 0.395. The van der Waals surface area contributed by atoms with Crippen LogP contribution in [0.2, 0.25) is 5.02 Å². The number of nitrogens with zero attached hydrogens (tertiary/aromatic N) is 3. The zero-order valence-corrected chi connectivity index (χ0v) is 14.4. The van der Waals surface area contributed by atoms with Crippen molar-refractivity contribution in [2.45, 2.75) is 0 Å². The van der Waals surface area contributed by atoms with Crippen LogP contribution in [0.3, 0.4) is 0 Å². The number of ether oxygens (including phenoxy) is 2. The van der Waals surface area contributed by atoms with E-state index in [1.165, 1.54) is 6.33 Å². The van der Waals surface area contributed by atoms with Crippen molar-refractivity contribution >= 4 is 34.9 Å². The number of nitrogens with one attached hydrogen (secondary N) is 2. The van der Waals surface area contributed by atoms with Crippen LogP contribution in [0.4, 0.5) is 23.3 Å². The van der Waals surface area contributed by atoms with Crippen LogP contribution in [0.1, 0.15) is 0 Å². The maximum atomic E-state index is 5.98. The highest BCUT2D eigenvalue weighted by Gasteiger charge is 2.07. The van der Waals surface area contributed by atoms with Crippen LogP contribution in [0.15, 0.2) is 48.8 Å². The molecule has 0 unspecified atom stereocenters. The molecular formula is C17H16ClN5O2. The van der Waals surface area contributed by atoms with Gasteiger partial charge in [0.1, 0.15) is 6.33 Å². The lowest BCUT2D eigenvalue weighted by molar-refractivity contribution is 0.355. The van der Waals surface area contributed by atoms with Gasteiger partial charge in [0, 0.05) is 22.5 Å². The van der Waals surface area contributed by atoms with Crippen molar-refractivity contribution < 1.29 is 9.47 Å². The predicted octanol–water partition coefficient (Wildman–Crippen LogP) is 4.03. The van der Waals surface area contributed by atoms with Crippen molar-refractivity contribution in [1.29, 1.82) is 0 Å². The maximum absolute atomic E-state index is 5.98. The van der Waals surface area contributed by atoms with Gasteiger partial charge in [-0.1, -0.05) is 17.7 Å². The van der Waals surface area contributed by atoms with Gasteiger partial charge in [-0.05, 0) is 30.3 Å². The number of hydrogen-bond acceptors (Lipinski definition) is 7. The lowest BCUT2D eigenvalue weighted by Gasteiger charge is -2.11. The van der Waals surface area contributed by atoms with E-state index in [-0.39, 0.29) is 0 Å². The molecule has 128 valence electrons. The third kappa shape index (κ3) is 4.27. The molecule has 0 fully saturated rings. The minimum atomic E-state index is 0.395. The van der Waals surface area contributed by atoms with Crippen molar-refractivity contribution in [3.8, 4) is 11.5 Å². The van der Waals surface area contributed by atoms with Crippen LogP contribution in [-0.4, -0.2) is 29.2 Å². The molecule has 3 aromatic rings. The van der Waals surface area contributed by atoms with Crippen molar-refractivity contribution in [2.75, 3.05) is 24.9 Å². The van der Waals surface area contributed by atoms with Gasteiger partial charge in [0.2, 0.25) is 11.9 Å². The predicted molar refractivity (Wildman–Crippen MR) is 97.4 cm³/mol. The van der Waals surface area contributed by atoms with Crippen LogP contribution in [-0.2, 0) is 0 Å². The van der Waals surface area contributed by atoms with E-state index < -0.39 is 0 Å². The number of methoxy groups -OCH3 is 2. The molecule has 1 aromatic heterocycles. The van der Waals surface area contributed by atoms with E-state index in [9.17, 15) is 0 Å². The van der Waals surface area contributed by atoms with E-state index >= 15 is 0 Å². The third-order valence-corrected chi connectivity index (χ3v) is 3.53. The van der Waals surface area contributed by atoms with Crippen LogP contribution in [0.25, 0.3) is 0 Å². The molecule has 0 saturated carbocycles. The molecule has 0 aliphatic heterocycles. The molecule has 0 bridgehead atoms. The Kier molecular flexibility index (Phi) is 5.15. The zero-order chi connectivity index (χ0) is 17.6. The van der Waals surface area contributed by atoms with Crippen LogP contribution >= 0.6 is 11.6 Å². The van der Waals surface area contributed by atoms with E-state index in [1.807, 2.05) is 18.2 Å². The average molecular weight is 358 g/mol. The Morgan fingerprint density at radius 1 is 0.840 bits per heavy atom. The summed E-state index contributed by atoms with van der Waals surface area (Å²) in [5, 5.41) is 6.81. The van der Waals surface area contributed by atoms with Gasteiger partial charge < -0.3 is 20.1 Å². The van der Waals surface area contributed by atoms with Crippen LogP contribution < -0.4 is 20.1 Å². The Morgan fingerprint density at radius 2 is 1.52 bits per heavy atom. The SMILES string of the molecule is COc1ccc(Nc2ncnc(Nc3cccc(Cl)c3)n2)cc1OC. The Hall–Kier alpha value is -3.06. The molecule has 7 nitrogen and oxygen atoms in total. The number of hydrogen-bond donors (Lipinski definition) is 2. The topological polar surface area (TPSA) is 81.2 Å².